The van der Waals surface area contributed by atoms with Gasteiger partial charge < -0.3 is 10.5 Å². The van der Waals surface area contributed by atoms with Gasteiger partial charge >= 0.3 is 0 Å². The molecule has 98 valence electrons. The van der Waals surface area contributed by atoms with Gasteiger partial charge in [0.15, 0.2) is 5.69 Å². The Balaban J connectivity index is 2.73. The fraction of sp³-hybridized carbons (Fsp3) is 0.154. The lowest BCUT2D eigenvalue weighted by molar-refractivity contribution is -0.384. The fourth-order valence-corrected chi connectivity index (χ4v) is 1.82. The molecule has 6 nitrogen and oxygen atoms in total. The van der Waals surface area contributed by atoms with Gasteiger partial charge in [0.25, 0.3) is 5.69 Å². The SMILES string of the molecule is COc1ccc(C)cc1-c1nc(N)ccc1[N+](=O)[O-]. The van der Waals surface area contributed by atoms with E-state index < -0.39 is 4.92 Å². The molecule has 0 spiro atoms. The second-order valence-corrected chi connectivity index (χ2v) is 4.06. The highest BCUT2D eigenvalue weighted by Gasteiger charge is 2.20. The first kappa shape index (κ1) is 12.8. The first-order valence-electron chi connectivity index (χ1n) is 5.59. The predicted octanol–water partition coefficient (Wildman–Crippen LogP) is 2.56. The summed E-state index contributed by atoms with van der Waals surface area (Å²) in [6.07, 6.45) is 0. The summed E-state index contributed by atoms with van der Waals surface area (Å²) < 4.78 is 5.23. The van der Waals surface area contributed by atoms with Crippen molar-refractivity contribution in [1.29, 1.82) is 0 Å². The van der Waals surface area contributed by atoms with Gasteiger partial charge in [-0.2, -0.15) is 0 Å². The lowest BCUT2D eigenvalue weighted by atomic mass is 10.1. The molecular weight excluding hydrogens is 246 g/mol. The molecule has 0 radical (unpaired) electrons. The van der Waals surface area contributed by atoms with Crippen LogP contribution in [0.2, 0.25) is 0 Å². The molecule has 2 rings (SSSR count). The van der Waals surface area contributed by atoms with Crippen LogP contribution in [0.1, 0.15) is 5.56 Å². The second kappa shape index (κ2) is 4.93. The molecule has 1 aromatic carbocycles. The van der Waals surface area contributed by atoms with Crippen LogP contribution in [0.5, 0.6) is 5.75 Å². The molecule has 2 N–H and O–H groups in total. The van der Waals surface area contributed by atoms with Gasteiger partial charge in [-0.05, 0) is 25.1 Å². The standard InChI is InChI=1S/C13H13N3O3/c1-8-3-5-11(19-2)9(7-8)13-10(16(17)18)4-6-12(14)15-13/h3-7H,1-2H3,(H2,14,15). The van der Waals surface area contributed by atoms with Crippen molar-refractivity contribution < 1.29 is 9.66 Å². The predicted molar refractivity (Wildman–Crippen MR) is 72.0 cm³/mol. The number of rotatable bonds is 3. The average molecular weight is 259 g/mol. The van der Waals surface area contributed by atoms with E-state index in [1.165, 1.54) is 19.2 Å². The molecule has 0 aliphatic carbocycles. The van der Waals surface area contributed by atoms with E-state index in [0.29, 0.717) is 11.3 Å². The first-order valence-corrected chi connectivity index (χ1v) is 5.59. The Morgan fingerprint density at radius 2 is 2.05 bits per heavy atom. The van der Waals surface area contributed by atoms with Gasteiger partial charge in [-0.15, -0.1) is 0 Å². The van der Waals surface area contributed by atoms with Gasteiger partial charge in [-0.25, -0.2) is 4.98 Å². The van der Waals surface area contributed by atoms with E-state index in [1.807, 2.05) is 13.0 Å². The summed E-state index contributed by atoms with van der Waals surface area (Å²) in [4.78, 5) is 14.7. The largest absolute Gasteiger partial charge is 0.496 e. The first-order chi connectivity index (χ1) is 9.02. The van der Waals surface area contributed by atoms with Gasteiger partial charge in [-0.1, -0.05) is 11.6 Å². The fourth-order valence-electron chi connectivity index (χ4n) is 1.82. The minimum atomic E-state index is -0.483. The number of hydrogen-bond donors (Lipinski definition) is 1. The van der Waals surface area contributed by atoms with Crippen LogP contribution in [0.15, 0.2) is 30.3 Å². The number of anilines is 1. The van der Waals surface area contributed by atoms with Crippen molar-refractivity contribution in [1.82, 2.24) is 4.98 Å². The number of pyridine rings is 1. The number of nitrogens with zero attached hydrogens (tertiary/aromatic N) is 2. The van der Waals surface area contributed by atoms with Gasteiger partial charge in [0.05, 0.1) is 12.0 Å². The summed E-state index contributed by atoms with van der Waals surface area (Å²) in [5.74, 6) is 0.746. The normalized spacial score (nSPS) is 10.2. The Labute approximate surface area is 110 Å². The highest BCUT2D eigenvalue weighted by atomic mass is 16.6. The van der Waals surface area contributed by atoms with Crippen molar-refractivity contribution in [2.75, 3.05) is 12.8 Å². The van der Waals surface area contributed by atoms with Gasteiger partial charge in [0, 0.05) is 11.6 Å². The van der Waals surface area contributed by atoms with Crippen molar-refractivity contribution in [3.63, 3.8) is 0 Å². The van der Waals surface area contributed by atoms with E-state index in [4.69, 9.17) is 10.5 Å². The van der Waals surface area contributed by atoms with Crippen molar-refractivity contribution in [2.24, 2.45) is 0 Å². The molecule has 0 atom stereocenters. The summed E-state index contributed by atoms with van der Waals surface area (Å²) in [6, 6.07) is 8.15. The lowest BCUT2D eigenvalue weighted by Gasteiger charge is -2.09. The van der Waals surface area contributed by atoms with Crippen LogP contribution in [0.4, 0.5) is 11.5 Å². The number of hydrogen-bond acceptors (Lipinski definition) is 5. The van der Waals surface area contributed by atoms with E-state index in [2.05, 4.69) is 4.98 Å². The maximum atomic E-state index is 11.1. The molecule has 0 saturated heterocycles. The second-order valence-electron chi connectivity index (χ2n) is 4.06. The van der Waals surface area contributed by atoms with Crippen molar-refractivity contribution in [3.8, 4) is 17.0 Å². The van der Waals surface area contributed by atoms with Crippen molar-refractivity contribution >= 4 is 11.5 Å². The van der Waals surface area contributed by atoms with Crippen LogP contribution in [0, 0.1) is 17.0 Å². The maximum absolute atomic E-state index is 11.1. The van der Waals surface area contributed by atoms with Crippen LogP contribution >= 0.6 is 0 Å². The van der Waals surface area contributed by atoms with Gasteiger partial charge in [0.2, 0.25) is 0 Å². The van der Waals surface area contributed by atoms with Crippen molar-refractivity contribution in [2.45, 2.75) is 6.92 Å². The molecular formula is C13H13N3O3. The summed E-state index contributed by atoms with van der Waals surface area (Å²) in [5.41, 5.74) is 7.24. The molecule has 19 heavy (non-hydrogen) atoms. The minimum absolute atomic E-state index is 0.0990. The van der Waals surface area contributed by atoms with Gasteiger partial charge in [0.1, 0.15) is 11.6 Å². The van der Waals surface area contributed by atoms with E-state index in [-0.39, 0.29) is 17.2 Å². The Morgan fingerprint density at radius 3 is 2.68 bits per heavy atom. The number of nitrogens with two attached hydrogens (primary N) is 1. The highest BCUT2D eigenvalue weighted by Crippen LogP contribution is 2.35. The van der Waals surface area contributed by atoms with Crippen molar-refractivity contribution in [3.05, 3.63) is 46.0 Å². The summed E-state index contributed by atoms with van der Waals surface area (Å²) in [6.45, 7) is 1.89. The molecule has 6 heteroatoms. The quantitative estimate of drug-likeness (QED) is 0.675. The third-order valence-electron chi connectivity index (χ3n) is 2.70. The number of benzene rings is 1. The van der Waals surface area contributed by atoms with E-state index >= 15 is 0 Å². The zero-order chi connectivity index (χ0) is 14.0. The Bertz CT molecular complexity index is 641. The number of aryl methyl sites for hydroxylation is 1. The van der Waals surface area contributed by atoms with E-state index in [9.17, 15) is 10.1 Å². The zero-order valence-corrected chi connectivity index (χ0v) is 10.6. The Morgan fingerprint density at radius 1 is 1.32 bits per heavy atom. The summed E-state index contributed by atoms with van der Waals surface area (Å²) in [7, 11) is 1.51. The molecule has 0 saturated carbocycles. The third-order valence-corrected chi connectivity index (χ3v) is 2.70. The van der Waals surface area contributed by atoms with E-state index in [0.717, 1.165) is 5.56 Å². The number of aromatic nitrogens is 1. The zero-order valence-electron chi connectivity index (χ0n) is 10.6. The smallest absolute Gasteiger partial charge is 0.295 e. The summed E-state index contributed by atoms with van der Waals surface area (Å²) in [5, 5.41) is 11.1. The molecule has 0 bridgehead atoms. The molecule has 0 aliphatic rings. The molecule has 2 aromatic rings. The minimum Gasteiger partial charge on any atom is -0.496 e. The maximum Gasteiger partial charge on any atom is 0.295 e. The van der Waals surface area contributed by atoms with Crippen LogP contribution in [-0.4, -0.2) is 17.0 Å². The topological polar surface area (TPSA) is 91.3 Å². The van der Waals surface area contributed by atoms with E-state index in [1.54, 1.807) is 12.1 Å². The molecule has 0 amide bonds. The molecule has 1 aromatic heterocycles. The van der Waals surface area contributed by atoms with Gasteiger partial charge in [-0.3, -0.25) is 10.1 Å². The van der Waals surface area contributed by atoms with Crippen LogP contribution in [-0.2, 0) is 0 Å². The molecule has 0 fully saturated rings. The highest BCUT2D eigenvalue weighted by molar-refractivity contribution is 5.76. The summed E-state index contributed by atoms with van der Waals surface area (Å²) >= 11 is 0. The van der Waals surface area contributed by atoms with Crippen LogP contribution < -0.4 is 10.5 Å². The monoisotopic (exact) mass is 259 g/mol. The lowest BCUT2D eigenvalue weighted by Crippen LogP contribution is -2.00. The Hall–Kier alpha value is -2.63. The molecule has 0 aliphatic heterocycles. The molecule has 1 heterocycles. The third kappa shape index (κ3) is 2.47. The molecule has 0 unspecified atom stereocenters. The number of methoxy groups -OCH3 is 1. The van der Waals surface area contributed by atoms with Crippen LogP contribution in [0.3, 0.4) is 0 Å². The number of nitro groups is 1. The average Bonchev–Trinajstić information content (AvgIpc) is 2.38. The Kier molecular flexibility index (Phi) is 3.33. The van der Waals surface area contributed by atoms with Crippen LogP contribution in [0.25, 0.3) is 11.3 Å². The number of ether oxygens (including phenoxy) is 1. The number of nitrogen functional groups attached to an aromatic ring is 1.